The number of carbonyl (C=O) groups excluding carboxylic acids is 1. The van der Waals surface area contributed by atoms with Gasteiger partial charge in [0, 0.05) is 10.6 Å². The van der Waals surface area contributed by atoms with E-state index in [4.69, 9.17) is 16.3 Å². The summed E-state index contributed by atoms with van der Waals surface area (Å²) in [6.07, 6.45) is 0. The molecule has 1 aromatic carbocycles. The molecular weight excluding hydrogens is 228 g/mol. The van der Waals surface area contributed by atoms with Gasteiger partial charge in [-0.05, 0) is 18.7 Å². The Labute approximate surface area is 98.9 Å². The van der Waals surface area contributed by atoms with Crippen molar-refractivity contribution in [2.24, 2.45) is 0 Å². The summed E-state index contributed by atoms with van der Waals surface area (Å²) in [5, 5.41) is 6.44. The standard InChI is InChI=1S/C11H13ClN2O2/c1-3-13-10-8-6(12)4-5-7(16-2)9(8)14-11(10)15/h4-5,10,13H,3H2,1-2H3,(H,14,15). The molecule has 0 saturated carbocycles. The van der Waals surface area contributed by atoms with Gasteiger partial charge in [-0.15, -0.1) is 0 Å². The van der Waals surface area contributed by atoms with Gasteiger partial charge in [-0.3, -0.25) is 4.79 Å². The van der Waals surface area contributed by atoms with Crippen molar-refractivity contribution in [3.05, 3.63) is 22.7 Å². The monoisotopic (exact) mass is 240 g/mol. The number of methoxy groups -OCH3 is 1. The second-order valence-electron chi connectivity index (χ2n) is 3.52. The van der Waals surface area contributed by atoms with Crippen molar-refractivity contribution in [1.29, 1.82) is 0 Å². The number of amides is 1. The van der Waals surface area contributed by atoms with Crippen LogP contribution in [0.3, 0.4) is 0 Å². The van der Waals surface area contributed by atoms with E-state index >= 15 is 0 Å². The third kappa shape index (κ3) is 1.64. The van der Waals surface area contributed by atoms with E-state index in [0.717, 1.165) is 5.56 Å². The Kier molecular flexibility index (Phi) is 3.03. The van der Waals surface area contributed by atoms with Gasteiger partial charge in [0.15, 0.2) is 0 Å². The highest BCUT2D eigenvalue weighted by Crippen LogP contribution is 2.42. The molecule has 0 aromatic heterocycles. The number of nitrogens with one attached hydrogen (secondary N) is 2. The van der Waals surface area contributed by atoms with Crippen LogP contribution in [0.15, 0.2) is 12.1 Å². The van der Waals surface area contributed by atoms with Crippen molar-refractivity contribution in [2.75, 3.05) is 19.0 Å². The Hall–Kier alpha value is -1.26. The molecule has 4 nitrogen and oxygen atoms in total. The van der Waals surface area contributed by atoms with Gasteiger partial charge in [0.1, 0.15) is 11.8 Å². The number of benzene rings is 1. The maximum atomic E-state index is 11.8. The number of halogens is 1. The fraction of sp³-hybridized carbons (Fsp3) is 0.364. The van der Waals surface area contributed by atoms with Gasteiger partial charge in [0.2, 0.25) is 5.91 Å². The molecule has 16 heavy (non-hydrogen) atoms. The minimum Gasteiger partial charge on any atom is -0.495 e. The van der Waals surface area contributed by atoms with E-state index in [9.17, 15) is 4.79 Å². The molecule has 5 heteroatoms. The van der Waals surface area contributed by atoms with Crippen LogP contribution in [0.2, 0.25) is 5.02 Å². The molecule has 2 N–H and O–H groups in total. The molecule has 1 aliphatic rings. The summed E-state index contributed by atoms with van der Waals surface area (Å²) in [6, 6.07) is 3.10. The molecule has 0 aliphatic carbocycles. The minimum atomic E-state index is -0.386. The Balaban J connectivity index is 2.51. The summed E-state index contributed by atoms with van der Waals surface area (Å²) in [6.45, 7) is 2.64. The van der Waals surface area contributed by atoms with Crippen LogP contribution in [0, 0.1) is 0 Å². The summed E-state index contributed by atoms with van der Waals surface area (Å²) in [5.41, 5.74) is 1.44. The minimum absolute atomic E-state index is 0.0942. The zero-order valence-corrected chi connectivity index (χ0v) is 9.89. The summed E-state index contributed by atoms with van der Waals surface area (Å²) in [5.74, 6) is 0.538. The molecular formula is C11H13ClN2O2. The average Bonchev–Trinajstić information content (AvgIpc) is 2.58. The third-order valence-corrected chi connectivity index (χ3v) is 2.91. The van der Waals surface area contributed by atoms with Crippen molar-refractivity contribution >= 4 is 23.2 Å². The highest BCUT2D eigenvalue weighted by atomic mass is 35.5. The van der Waals surface area contributed by atoms with Crippen LogP contribution < -0.4 is 15.4 Å². The quantitative estimate of drug-likeness (QED) is 0.849. The lowest BCUT2D eigenvalue weighted by atomic mass is 10.1. The van der Waals surface area contributed by atoms with Crippen molar-refractivity contribution in [3.8, 4) is 5.75 Å². The topological polar surface area (TPSA) is 50.4 Å². The molecule has 1 amide bonds. The van der Waals surface area contributed by atoms with Crippen LogP contribution in [0.4, 0.5) is 5.69 Å². The molecule has 0 radical (unpaired) electrons. The van der Waals surface area contributed by atoms with Crippen LogP contribution in [-0.2, 0) is 4.79 Å². The third-order valence-electron chi connectivity index (χ3n) is 2.58. The lowest BCUT2D eigenvalue weighted by Crippen LogP contribution is -2.27. The lowest BCUT2D eigenvalue weighted by molar-refractivity contribution is -0.117. The van der Waals surface area contributed by atoms with Crippen LogP contribution in [0.1, 0.15) is 18.5 Å². The molecule has 0 spiro atoms. The molecule has 86 valence electrons. The van der Waals surface area contributed by atoms with Crippen molar-refractivity contribution in [1.82, 2.24) is 5.32 Å². The van der Waals surface area contributed by atoms with Crippen LogP contribution in [0.25, 0.3) is 0 Å². The first-order valence-electron chi connectivity index (χ1n) is 5.09. The lowest BCUT2D eigenvalue weighted by Gasteiger charge is -2.11. The summed E-state index contributed by atoms with van der Waals surface area (Å²) in [7, 11) is 1.57. The molecule has 1 heterocycles. The number of anilines is 1. The predicted molar refractivity (Wildman–Crippen MR) is 63.1 cm³/mol. The van der Waals surface area contributed by atoms with E-state index in [0.29, 0.717) is 23.0 Å². The van der Waals surface area contributed by atoms with E-state index in [1.807, 2.05) is 6.92 Å². The average molecular weight is 241 g/mol. The van der Waals surface area contributed by atoms with E-state index in [2.05, 4.69) is 10.6 Å². The number of likely N-dealkylation sites (N-methyl/N-ethyl adjacent to an activating group) is 1. The molecule has 1 aromatic rings. The largest absolute Gasteiger partial charge is 0.495 e. The van der Waals surface area contributed by atoms with E-state index < -0.39 is 0 Å². The normalized spacial score (nSPS) is 18.2. The Bertz CT molecular complexity index is 434. The van der Waals surface area contributed by atoms with Crippen molar-refractivity contribution in [3.63, 3.8) is 0 Å². The van der Waals surface area contributed by atoms with Gasteiger partial charge >= 0.3 is 0 Å². The van der Waals surface area contributed by atoms with Gasteiger partial charge in [0.25, 0.3) is 0 Å². The molecule has 0 fully saturated rings. The molecule has 0 saturated heterocycles. The zero-order valence-electron chi connectivity index (χ0n) is 9.13. The Morgan fingerprint density at radius 2 is 2.31 bits per heavy atom. The zero-order chi connectivity index (χ0) is 11.7. The molecule has 1 unspecified atom stereocenters. The van der Waals surface area contributed by atoms with E-state index in [1.165, 1.54) is 0 Å². The predicted octanol–water partition coefficient (Wildman–Crippen LogP) is 1.95. The number of hydrogen-bond donors (Lipinski definition) is 2. The summed E-state index contributed by atoms with van der Waals surface area (Å²) in [4.78, 5) is 11.8. The molecule has 0 bridgehead atoms. The molecule has 2 rings (SSSR count). The van der Waals surface area contributed by atoms with Gasteiger partial charge in [-0.25, -0.2) is 0 Å². The van der Waals surface area contributed by atoms with Crippen molar-refractivity contribution in [2.45, 2.75) is 13.0 Å². The second-order valence-corrected chi connectivity index (χ2v) is 3.93. The molecule has 1 atom stereocenters. The van der Waals surface area contributed by atoms with Crippen LogP contribution >= 0.6 is 11.6 Å². The van der Waals surface area contributed by atoms with Crippen molar-refractivity contribution < 1.29 is 9.53 Å². The number of hydrogen-bond acceptors (Lipinski definition) is 3. The summed E-state index contributed by atoms with van der Waals surface area (Å²) >= 11 is 6.11. The number of carbonyl (C=O) groups is 1. The van der Waals surface area contributed by atoms with E-state index in [1.54, 1.807) is 19.2 Å². The maximum Gasteiger partial charge on any atom is 0.246 e. The van der Waals surface area contributed by atoms with Gasteiger partial charge in [-0.1, -0.05) is 18.5 Å². The second kappa shape index (κ2) is 4.31. The number of fused-ring (bicyclic) bond motifs is 1. The highest BCUT2D eigenvalue weighted by Gasteiger charge is 2.34. The maximum absolute atomic E-state index is 11.8. The first kappa shape index (κ1) is 11.2. The van der Waals surface area contributed by atoms with Gasteiger partial charge < -0.3 is 15.4 Å². The van der Waals surface area contributed by atoms with Gasteiger partial charge in [0.05, 0.1) is 12.8 Å². The first-order chi connectivity index (χ1) is 7.69. The van der Waals surface area contributed by atoms with Crippen LogP contribution in [-0.4, -0.2) is 19.6 Å². The fourth-order valence-electron chi connectivity index (χ4n) is 1.88. The number of rotatable bonds is 3. The first-order valence-corrected chi connectivity index (χ1v) is 5.47. The number of ether oxygens (including phenoxy) is 1. The highest BCUT2D eigenvalue weighted by molar-refractivity contribution is 6.33. The Morgan fingerprint density at radius 3 is 2.94 bits per heavy atom. The Morgan fingerprint density at radius 1 is 1.56 bits per heavy atom. The van der Waals surface area contributed by atoms with Crippen LogP contribution in [0.5, 0.6) is 5.75 Å². The van der Waals surface area contributed by atoms with Gasteiger partial charge in [-0.2, -0.15) is 0 Å². The SMILES string of the molecule is CCNC1C(=O)Nc2c(OC)ccc(Cl)c21. The van der Waals surface area contributed by atoms with E-state index in [-0.39, 0.29) is 11.9 Å². The molecule has 1 aliphatic heterocycles. The smallest absolute Gasteiger partial charge is 0.246 e. The fourth-order valence-corrected chi connectivity index (χ4v) is 2.15. The summed E-state index contributed by atoms with van der Waals surface area (Å²) < 4.78 is 5.19.